The summed E-state index contributed by atoms with van der Waals surface area (Å²) in [6, 6.07) is 22.5. The third-order valence-electron chi connectivity index (χ3n) is 6.09. The summed E-state index contributed by atoms with van der Waals surface area (Å²) in [5.41, 5.74) is 1.84. The summed E-state index contributed by atoms with van der Waals surface area (Å²) < 4.78 is 31.2. The van der Waals surface area contributed by atoms with Crippen LogP contribution < -0.4 is 20.7 Å². The topological polar surface area (TPSA) is 134 Å². The van der Waals surface area contributed by atoms with Gasteiger partial charge < -0.3 is 25.8 Å². The number of carbonyl (C=O) groups excluding carboxylic acids is 2. The smallest absolute Gasteiger partial charge is 0.243 e. The normalized spacial score (nSPS) is 13.3. The third kappa shape index (κ3) is 10.3. The summed E-state index contributed by atoms with van der Waals surface area (Å²) in [5, 5.41) is 19.5. The van der Waals surface area contributed by atoms with Crippen molar-refractivity contribution in [3.05, 3.63) is 96.1 Å². The number of hydrogen-bond acceptors (Lipinski definition) is 7. The van der Waals surface area contributed by atoms with Crippen LogP contribution in [0.25, 0.3) is 0 Å². The van der Waals surface area contributed by atoms with Crippen LogP contribution in [-0.2, 0) is 32.4 Å². The van der Waals surface area contributed by atoms with Crippen LogP contribution in [0.1, 0.15) is 18.1 Å². The highest BCUT2D eigenvalue weighted by molar-refractivity contribution is 7.91. The first-order valence-electron chi connectivity index (χ1n) is 12.6. The fourth-order valence-electron chi connectivity index (χ4n) is 4.10. The average molecular weight is 590 g/mol. The number of benzene rings is 3. The Morgan fingerprint density at radius 2 is 1.52 bits per heavy atom. The zero-order chi connectivity index (χ0) is 28.3. The monoisotopic (exact) mass is 589 g/mol. The molecular weight excluding hydrogens is 554 g/mol. The van der Waals surface area contributed by atoms with Crippen LogP contribution in [0.4, 0.5) is 0 Å². The number of nitrogens with one attached hydrogen (secondary N) is 3. The summed E-state index contributed by atoms with van der Waals surface area (Å²) in [6.07, 6.45) is -0.712. The molecule has 216 valence electrons. The lowest BCUT2D eigenvalue weighted by Gasteiger charge is -2.27. The van der Waals surface area contributed by atoms with Crippen LogP contribution in [0.5, 0.6) is 5.75 Å². The van der Waals surface area contributed by atoms with E-state index in [4.69, 9.17) is 4.74 Å². The summed E-state index contributed by atoms with van der Waals surface area (Å²) in [7, 11) is -2.29. The van der Waals surface area contributed by atoms with Gasteiger partial charge in [0.05, 0.1) is 29.9 Å². The predicted octanol–water partition coefficient (Wildman–Crippen LogP) is 2.27. The van der Waals surface area contributed by atoms with Crippen molar-refractivity contribution in [2.24, 2.45) is 0 Å². The van der Waals surface area contributed by atoms with Crippen molar-refractivity contribution in [3.63, 3.8) is 0 Å². The summed E-state index contributed by atoms with van der Waals surface area (Å²) >= 11 is 0. The highest BCUT2D eigenvalue weighted by Gasteiger charge is 2.31. The molecule has 4 N–H and O–H groups in total. The van der Waals surface area contributed by atoms with E-state index >= 15 is 0 Å². The van der Waals surface area contributed by atoms with Crippen LogP contribution in [0.2, 0.25) is 0 Å². The largest absolute Gasteiger partial charge is 0.497 e. The van der Waals surface area contributed by atoms with Crippen molar-refractivity contribution < 1.29 is 27.9 Å². The maximum Gasteiger partial charge on any atom is 0.243 e. The van der Waals surface area contributed by atoms with E-state index in [9.17, 15) is 23.1 Å². The predicted molar refractivity (Wildman–Crippen MR) is 156 cm³/mol. The molecule has 3 atom stereocenters. The number of rotatable bonds is 14. The highest BCUT2D eigenvalue weighted by atomic mass is 35.5. The molecule has 0 heterocycles. The molecule has 9 nitrogen and oxygen atoms in total. The van der Waals surface area contributed by atoms with Crippen molar-refractivity contribution >= 4 is 34.1 Å². The second-order valence-electron chi connectivity index (χ2n) is 9.20. The van der Waals surface area contributed by atoms with Gasteiger partial charge in [0.15, 0.2) is 9.84 Å². The molecule has 0 spiro atoms. The van der Waals surface area contributed by atoms with Gasteiger partial charge in [0.25, 0.3) is 0 Å². The lowest BCUT2D eigenvalue weighted by atomic mass is 10.0. The molecule has 0 unspecified atom stereocenters. The summed E-state index contributed by atoms with van der Waals surface area (Å²) in [6.45, 7) is 1.83. The van der Waals surface area contributed by atoms with Crippen molar-refractivity contribution in [2.45, 2.75) is 43.0 Å². The Morgan fingerprint density at radius 1 is 0.900 bits per heavy atom. The molecule has 0 aliphatic carbocycles. The van der Waals surface area contributed by atoms with Crippen LogP contribution in [-0.4, -0.2) is 62.9 Å². The van der Waals surface area contributed by atoms with Gasteiger partial charge in [-0.2, -0.15) is 0 Å². The first-order chi connectivity index (χ1) is 18.7. The Bertz CT molecular complexity index is 1330. The Kier molecular flexibility index (Phi) is 13.1. The lowest BCUT2D eigenvalue weighted by molar-refractivity contribution is -0.128. The first kappa shape index (κ1) is 32.8. The highest BCUT2D eigenvalue weighted by Crippen LogP contribution is 2.14. The number of carbonyl (C=O) groups is 2. The van der Waals surface area contributed by atoms with Gasteiger partial charge in [0.1, 0.15) is 11.8 Å². The third-order valence-corrected chi connectivity index (χ3v) is 7.85. The second-order valence-corrected chi connectivity index (χ2v) is 11.2. The molecule has 0 fully saturated rings. The Labute approximate surface area is 241 Å². The molecule has 40 heavy (non-hydrogen) atoms. The second kappa shape index (κ2) is 16.0. The van der Waals surface area contributed by atoms with Crippen molar-refractivity contribution in [2.75, 3.05) is 19.4 Å². The first-order valence-corrected chi connectivity index (χ1v) is 14.2. The summed E-state index contributed by atoms with van der Waals surface area (Å²) in [5.74, 6) is -1.14. The molecule has 0 radical (unpaired) electrons. The van der Waals surface area contributed by atoms with Gasteiger partial charge in [0.2, 0.25) is 11.8 Å². The van der Waals surface area contributed by atoms with E-state index in [1.807, 2.05) is 54.6 Å². The van der Waals surface area contributed by atoms with E-state index in [0.29, 0.717) is 13.0 Å². The van der Waals surface area contributed by atoms with E-state index in [-0.39, 0.29) is 23.8 Å². The molecule has 3 aromatic rings. The molecule has 3 aromatic carbocycles. The number of halogens is 1. The number of hydrogen-bond donors (Lipinski definition) is 4. The molecule has 0 aliphatic heterocycles. The van der Waals surface area contributed by atoms with Gasteiger partial charge >= 0.3 is 0 Å². The zero-order valence-electron chi connectivity index (χ0n) is 22.4. The van der Waals surface area contributed by atoms with E-state index in [0.717, 1.165) is 16.9 Å². The molecule has 3 rings (SSSR count). The number of sulfone groups is 1. The van der Waals surface area contributed by atoms with Gasteiger partial charge in [-0.15, -0.1) is 12.4 Å². The Balaban J connectivity index is 0.00000560. The molecule has 0 saturated carbocycles. The molecule has 0 aliphatic rings. The van der Waals surface area contributed by atoms with Gasteiger partial charge in [-0.25, -0.2) is 8.42 Å². The minimum Gasteiger partial charge on any atom is -0.497 e. The molecule has 0 saturated heterocycles. The number of ether oxygens (including phenoxy) is 1. The van der Waals surface area contributed by atoms with Gasteiger partial charge in [0, 0.05) is 20.0 Å². The Morgan fingerprint density at radius 3 is 2.15 bits per heavy atom. The SMILES string of the molecule is COc1cccc(CNC[C@@H](O)[C@H](Cc2ccccc2)NC(=O)[C@H](CS(=O)(=O)c2ccccc2)NC(C)=O)c1.Cl. The maximum absolute atomic E-state index is 13.3. The van der Waals surface area contributed by atoms with Gasteiger partial charge in [-0.3, -0.25) is 9.59 Å². The minimum atomic E-state index is -3.88. The van der Waals surface area contributed by atoms with Gasteiger partial charge in [-0.1, -0.05) is 60.7 Å². The maximum atomic E-state index is 13.3. The molecule has 2 amide bonds. The fraction of sp³-hybridized carbons (Fsp3) is 0.310. The molecule has 11 heteroatoms. The van der Waals surface area contributed by atoms with Crippen LogP contribution in [0, 0.1) is 0 Å². The lowest BCUT2D eigenvalue weighted by Crippen LogP contribution is -2.56. The molecular formula is C29H36ClN3O6S. The molecule has 0 aromatic heterocycles. The minimum absolute atomic E-state index is 0. The number of aliphatic hydroxyl groups excluding tert-OH is 1. The quantitative estimate of drug-likeness (QED) is 0.227. The zero-order valence-corrected chi connectivity index (χ0v) is 24.1. The Hall–Kier alpha value is -3.44. The molecule has 0 bridgehead atoms. The van der Waals surface area contributed by atoms with Crippen LogP contribution in [0.3, 0.4) is 0 Å². The average Bonchev–Trinajstić information content (AvgIpc) is 2.93. The number of methoxy groups -OCH3 is 1. The van der Waals surface area contributed by atoms with Gasteiger partial charge in [-0.05, 0) is 41.8 Å². The van der Waals surface area contributed by atoms with E-state index in [1.54, 1.807) is 25.3 Å². The van der Waals surface area contributed by atoms with Crippen LogP contribution >= 0.6 is 12.4 Å². The fourth-order valence-corrected chi connectivity index (χ4v) is 5.53. The van der Waals surface area contributed by atoms with E-state index in [1.165, 1.54) is 19.1 Å². The van der Waals surface area contributed by atoms with Crippen molar-refractivity contribution in [3.8, 4) is 5.75 Å². The van der Waals surface area contributed by atoms with E-state index < -0.39 is 45.6 Å². The van der Waals surface area contributed by atoms with E-state index in [2.05, 4.69) is 16.0 Å². The standard InChI is InChI=1S/C29H35N3O6S.ClH/c1-21(33)31-27(20-39(36,37)25-14-7-4-8-15-25)29(35)32-26(17-22-10-5-3-6-11-22)28(34)19-30-18-23-12-9-13-24(16-23)38-2;/h3-16,26-28,30,34H,17-20H2,1-2H3,(H,31,33)(H,32,35);1H/t26-,27-,28+;/m0./s1. The number of aliphatic hydroxyl groups is 1. The van der Waals surface area contributed by atoms with Crippen molar-refractivity contribution in [1.82, 2.24) is 16.0 Å². The van der Waals surface area contributed by atoms with Crippen molar-refractivity contribution in [1.29, 1.82) is 0 Å². The number of amides is 2. The van der Waals surface area contributed by atoms with Crippen LogP contribution in [0.15, 0.2) is 89.8 Å². The summed E-state index contributed by atoms with van der Waals surface area (Å²) in [4.78, 5) is 25.2.